The maximum atomic E-state index is 13.2. The van der Waals surface area contributed by atoms with Crippen molar-refractivity contribution in [2.45, 2.75) is 6.54 Å². The Kier molecular flexibility index (Phi) is 5.81. The first-order chi connectivity index (χ1) is 16.5. The lowest BCUT2D eigenvalue weighted by Gasteiger charge is -2.35. The van der Waals surface area contributed by atoms with Gasteiger partial charge in [-0.05, 0) is 11.6 Å². The van der Waals surface area contributed by atoms with Gasteiger partial charge in [-0.1, -0.05) is 42.5 Å². The monoisotopic (exact) mass is 475 g/mol. The van der Waals surface area contributed by atoms with E-state index in [1.807, 2.05) is 40.6 Å². The van der Waals surface area contributed by atoms with E-state index in [1.54, 1.807) is 23.1 Å². The summed E-state index contributed by atoms with van der Waals surface area (Å²) in [5, 5.41) is 13.8. The first-order valence-corrected chi connectivity index (χ1v) is 11.7. The number of thiophene rings is 1. The number of benzene rings is 2. The normalized spacial score (nSPS) is 13.9. The Bertz CT molecular complexity index is 1420. The lowest BCUT2D eigenvalue weighted by molar-refractivity contribution is -0.384. The predicted molar refractivity (Wildman–Crippen MR) is 131 cm³/mol. The molecule has 0 aliphatic carbocycles. The summed E-state index contributed by atoms with van der Waals surface area (Å²) in [6.07, 6.45) is 1.43. The third kappa shape index (κ3) is 4.03. The van der Waals surface area contributed by atoms with Crippen molar-refractivity contribution < 1.29 is 9.72 Å². The predicted octanol–water partition coefficient (Wildman–Crippen LogP) is 3.38. The molecule has 0 unspecified atom stereocenters. The van der Waals surface area contributed by atoms with Crippen molar-refractivity contribution >= 4 is 38.8 Å². The van der Waals surface area contributed by atoms with E-state index in [9.17, 15) is 19.7 Å². The molecule has 0 saturated carbocycles. The minimum absolute atomic E-state index is 0.0539. The largest absolute Gasteiger partial charge is 0.362 e. The summed E-state index contributed by atoms with van der Waals surface area (Å²) >= 11 is 1.41. The fourth-order valence-electron chi connectivity index (χ4n) is 4.24. The number of hydrogen-bond donors (Lipinski definition) is 0. The van der Waals surface area contributed by atoms with Gasteiger partial charge in [0.25, 0.3) is 11.2 Å². The van der Waals surface area contributed by atoms with Gasteiger partial charge in [0.1, 0.15) is 17.1 Å². The van der Waals surface area contributed by atoms with Crippen molar-refractivity contribution in [3.63, 3.8) is 0 Å². The van der Waals surface area contributed by atoms with E-state index in [1.165, 1.54) is 28.3 Å². The molecule has 2 aromatic carbocycles. The first-order valence-electron chi connectivity index (χ1n) is 10.8. The average molecular weight is 476 g/mol. The minimum Gasteiger partial charge on any atom is -0.362 e. The number of rotatable bonds is 5. The number of nitrogens with zero attached hydrogens (tertiary/aromatic N) is 5. The number of hydrogen-bond acceptors (Lipinski definition) is 7. The van der Waals surface area contributed by atoms with E-state index in [2.05, 4.69) is 4.98 Å². The fourth-order valence-corrected chi connectivity index (χ4v) is 5.15. The number of nitro groups is 1. The highest BCUT2D eigenvalue weighted by Gasteiger charge is 2.26. The number of nitro benzene ring substituents is 1. The minimum atomic E-state index is -0.392. The van der Waals surface area contributed by atoms with Crippen LogP contribution in [0.5, 0.6) is 0 Å². The molecule has 0 N–H and O–H groups in total. The standard InChI is InChI=1S/C24H21N5O4S/c30-21(27-12-10-26(11-13-27)19-8-4-5-9-20(19)29(32)33)14-28-16-25-23-22(24(28)31)18(15-34-23)17-6-2-1-3-7-17/h1-9,15-16H,10-14H2. The van der Waals surface area contributed by atoms with Crippen molar-refractivity contribution in [1.82, 2.24) is 14.5 Å². The van der Waals surface area contributed by atoms with E-state index < -0.39 is 4.92 Å². The number of fused-ring (bicyclic) bond motifs is 1. The molecule has 1 amide bonds. The van der Waals surface area contributed by atoms with Gasteiger partial charge in [-0.2, -0.15) is 0 Å². The Hall–Kier alpha value is -4.05. The highest BCUT2D eigenvalue weighted by atomic mass is 32.1. The summed E-state index contributed by atoms with van der Waals surface area (Å²) in [6, 6.07) is 16.3. The Balaban J connectivity index is 1.32. The summed E-state index contributed by atoms with van der Waals surface area (Å²) in [4.78, 5) is 45.8. The summed E-state index contributed by atoms with van der Waals surface area (Å²) in [7, 11) is 0. The highest BCUT2D eigenvalue weighted by molar-refractivity contribution is 7.17. The molecular formula is C24H21N5O4S. The van der Waals surface area contributed by atoms with Crippen LogP contribution in [0.15, 0.2) is 71.1 Å². The molecule has 5 rings (SSSR count). The van der Waals surface area contributed by atoms with E-state index >= 15 is 0 Å². The van der Waals surface area contributed by atoms with E-state index in [4.69, 9.17) is 0 Å². The van der Waals surface area contributed by atoms with Gasteiger partial charge in [-0.15, -0.1) is 11.3 Å². The number of carbonyl (C=O) groups is 1. The van der Waals surface area contributed by atoms with Crippen LogP contribution in [0.4, 0.5) is 11.4 Å². The molecular weight excluding hydrogens is 454 g/mol. The van der Waals surface area contributed by atoms with Crippen LogP contribution in [0.2, 0.25) is 0 Å². The van der Waals surface area contributed by atoms with Gasteiger partial charge in [0.15, 0.2) is 0 Å². The summed E-state index contributed by atoms with van der Waals surface area (Å²) in [5.41, 5.74) is 2.12. The third-order valence-corrected chi connectivity index (χ3v) is 6.89. The summed E-state index contributed by atoms with van der Waals surface area (Å²) in [5.74, 6) is -0.179. The van der Waals surface area contributed by atoms with Gasteiger partial charge in [0.05, 0.1) is 16.6 Å². The number of piperazine rings is 1. The van der Waals surface area contributed by atoms with Gasteiger partial charge in [0.2, 0.25) is 5.91 Å². The van der Waals surface area contributed by atoms with Crippen LogP contribution in [0.1, 0.15) is 0 Å². The lowest BCUT2D eigenvalue weighted by atomic mass is 10.1. The van der Waals surface area contributed by atoms with Crippen LogP contribution in [0.25, 0.3) is 21.3 Å². The highest BCUT2D eigenvalue weighted by Crippen LogP contribution is 2.30. The van der Waals surface area contributed by atoms with Crippen molar-refractivity contribution in [3.05, 3.63) is 86.8 Å². The Morgan fingerprint density at radius 3 is 2.47 bits per heavy atom. The molecule has 2 aromatic heterocycles. The Labute approximate surface area is 198 Å². The van der Waals surface area contributed by atoms with Crippen molar-refractivity contribution in [1.29, 1.82) is 0 Å². The first kappa shape index (κ1) is 21.8. The topological polar surface area (TPSA) is 102 Å². The molecule has 9 nitrogen and oxygen atoms in total. The molecule has 0 radical (unpaired) electrons. The van der Waals surface area contributed by atoms with Crippen LogP contribution >= 0.6 is 11.3 Å². The van der Waals surface area contributed by atoms with Gasteiger partial charge in [-0.25, -0.2) is 4.98 Å². The molecule has 1 fully saturated rings. The quantitative estimate of drug-likeness (QED) is 0.324. The Morgan fingerprint density at radius 1 is 1.03 bits per heavy atom. The average Bonchev–Trinajstić information content (AvgIpc) is 3.31. The molecule has 4 aromatic rings. The van der Waals surface area contributed by atoms with Crippen LogP contribution in [0.3, 0.4) is 0 Å². The molecule has 34 heavy (non-hydrogen) atoms. The second kappa shape index (κ2) is 9.06. The molecule has 172 valence electrons. The number of carbonyl (C=O) groups excluding carboxylic acids is 1. The van der Waals surface area contributed by atoms with E-state index in [0.29, 0.717) is 42.1 Å². The Morgan fingerprint density at radius 2 is 1.74 bits per heavy atom. The zero-order chi connectivity index (χ0) is 23.7. The smallest absolute Gasteiger partial charge is 0.292 e. The zero-order valence-corrected chi connectivity index (χ0v) is 19.0. The summed E-state index contributed by atoms with van der Waals surface area (Å²) < 4.78 is 1.36. The number of aromatic nitrogens is 2. The maximum Gasteiger partial charge on any atom is 0.292 e. The number of anilines is 1. The van der Waals surface area contributed by atoms with Crippen LogP contribution in [-0.2, 0) is 11.3 Å². The molecule has 10 heteroatoms. The van der Waals surface area contributed by atoms with Gasteiger partial charge >= 0.3 is 0 Å². The van der Waals surface area contributed by atoms with Crippen LogP contribution < -0.4 is 10.5 Å². The molecule has 1 aliphatic rings. The van der Waals surface area contributed by atoms with Crippen LogP contribution in [0, 0.1) is 10.1 Å². The van der Waals surface area contributed by atoms with Crippen LogP contribution in [-0.4, -0.2) is 51.5 Å². The second-order valence-corrected chi connectivity index (χ2v) is 8.84. The molecule has 0 bridgehead atoms. The third-order valence-electron chi connectivity index (χ3n) is 6.00. The molecule has 0 spiro atoms. The van der Waals surface area contributed by atoms with Gasteiger partial charge < -0.3 is 9.80 Å². The molecule has 1 aliphatic heterocycles. The van der Waals surface area contributed by atoms with E-state index in [-0.39, 0.29) is 23.7 Å². The zero-order valence-electron chi connectivity index (χ0n) is 18.2. The van der Waals surface area contributed by atoms with Crippen molar-refractivity contribution in [3.8, 4) is 11.1 Å². The lowest BCUT2D eigenvalue weighted by Crippen LogP contribution is -2.50. The van der Waals surface area contributed by atoms with Crippen molar-refractivity contribution in [2.75, 3.05) is 31.1 Å². The number of para-hydroxylation sites is 2. The second-order valence-electron chi connectivity index (χ2n) is 7.99. The molecule has 1 saturated heterocycles. The van der Waals surface area contributed by atoms with Gasteiger partial charge in [0, 0.05) is 43.2 Å². The van der Waals surface area contributed by atoms with Crippen molar-refractivity contribution in [2.24, 2.45) is 0 Å². The summed E-state index contributed by atoms with van der Waals surface area (Å²) in [6.45, 7) is 1.69. The maximum absolute atomic E-state index is 13.2. The van der Waals surface area contributed by atoms with Gasteiger partial charge in [-0.3, -0.25) is 24.3 Å². The molecule has 0 atom stereocenters. The fraction of sp³-hybridized carbons (Fsp3) is 0.208. The number of amides is 1. The van der Waals surface area contributed by atoms with E-state index in [0.717, 1.165) is 11.1 Å². The SMILES string of the molecule is O=C(Cn1cnc2scc(-c3ccccc3)c2c1=O)N1CCN(c2ccccc2[N+](=O)[O-])CC1. The molecule has 3 heterocycles.